The number of hydrogen-bond acceptors (Lipinski definition) is 1. The first kappa shape index (κ1) is 13.0. The van der Waals surface area contributed by atoms with E-state index in [-0.39, 0.29) is 0 Å². The van der Waals surface area contributed by atoms with Gasteiger partial charge in [-0.1, -0.05) is 41.9 Å². The molecule has 0 unspecified atom stereocenters. The summed E-state index contributed by atoms with van der Waals surface area (Å²) in [7, 11) is 0. The summed E-state index contributed by atoms with van der Waals surface area (Å²) in [4.78, 5) is 0. The van der Waals surface area contributed by atoms with Gasteiger partial charge in [0.1, 0.15) is 0 Å². The Hall–Kier alpha value is -1.47. The molecule has 2 heteroatoms. The second-order valence-electron chi connectivity index (χ2n) is 4.57. The van der Waals surface area contributed by atoms with Gasteiger partial charge in [-0.25, -0.2) is 0 Å². The average molecular weight is 260 g/mol. The van der Waals surface area contributed by atoms with Crippen LogP contribution in [-0.2, 0) is 6.42 Å². The highest BCUT2D eigenvalue weighted by atomic mass is 35.5. The molecule has 2 rings (SSSR count). The van der Waals surface area contributed by atoms with Gasteiger partial charge in [-0.05, 0) is 49.1 Å². The maximum atomic E-state index is 5.87. The Morgan fingerprint density at radius 3 is 2.17 bits per heavy atom. The molecule has 0 aromatic heterocycles. The number of halogens is 1. The van der Waals surface area contributed by atoms with E-state index in [1.165, 1.54) is 22.4 Å². The number of para-hydroxylation sites is 1. The molecule has 18 heavy (non-hydrogen) atoms. The molecule has 2 aromatic rings. The number of anilines is 1. The third-order valence-corrected chi connectivity index (χ3v) is 3.36. The summed E-state index contributed by atoms with van der Waals surface area (Å²) < 4.78 is 0. The number of hydrogen-bond donors (Lipinski definition) is 1. The quantitative estimate of drug-likeness (QED) is 0.845. The van der Waals surface area contributed by atoms with E-state index in [1.54, 1.807) is 0 Å². The first-order chi connectivity index (χ1) is 8.66. The second-order valence-corrected chi connectivity index (χ2v) is 5.01. The summed E-state index contributed by atoms with van der Waals surface area (Å²) in [5, 5.41) is 4.30. The van der Waals surface area contributed by atoms with E-state index in [0.29, 0.717) is 0 Å². The zero-order valence-corrected chi connectivity index (χ0v) is 11.6. The first-order valence-corrected chi connectivity index (χ1v) is 6.59. The minimum atomic E-state index is 0.793. The fourth-order valence-corrected chi connectivity index (χ4v) is 2.20. The Morgan fingerprint density at radius 1 is 0.944 bits per heavy atom. The number of rotatable bonds is 4. The maximum Gasteiger partial charge on any atom is 0.0406 e. The highest BCUT2D eigenvalue weighted by Gasteiger charge is 2.00. The van der Waals surface area contributed by atoms with Gasteiger partial charge in [0.15, 0.2) is 0 Å². The number of aryl methyl sites for hydroxylation is 2. The second kappa shape index (κ2) is 5.92. The Balaban J connectivity index is 1.94. The fraction of sp³-hybridized carbons (Fsp3) is 0.250. The monoisotopic (exact) mass is 259 g/mol. The molecule has 0 amide bonds. The predicted octanol–water partition coefficient (Wildman–Crippen LogP) is 4.61. The Morgan fingerprint density at radius 2 is 1.56 bits per heavy atom. The van der Waals surface area contributed by atoms with Gasteiger partial charge in [0.05, 0.1) is 0 Å². The minimum absolute atomic E-state index is 0.793. The van der Waals surface area contributed by atoms with Crippen molar-refractivity contribution in [3.8, 4) is 0 Å². The van der Waals surface area contributed by atoms with Gasteiger partial charge in [0.2, 0.25) is 0 Å². The highest BCUT2D eigenvalue weighted by molar-refractivity contribution is 6.30. The lowest BCUT2D eigenvalue weighted by molar-refractivity contribution is 1.01. The van der Waals surface area contributed by atoms with E-state index < -0.39 is 0 Å². The SMILES string of the molecule is Cc1cccc(C)c1NCCc1ccc(Cl)cc1. The molecule has 0 bridgehead atoms. The lowest BCUT2D eigenvalue weighted by Crippen LogP contribution is -2.07. The fourth-order valence-electron chi connectivity index (χ4n) is 2.08. The van der Waals surface area contributed by atoms with Crippen molar-refractivity contribution in [2.75, 3.05) is 11.9 Å². The van der Waals surface area contributed by atoms with Crippen LogP contribution in [0.25, 0.3) is 0 Å². The molecule has 0 aliphatic carbocycles. The van der Waals surface area contributed by atoms with E-state index in [0.717, 1.165) is 18.0 Å². The van der Waals surface area contributed by atoms with E-state index in [9.17, 15) is 0 Å². The summed E-state index contributed by atoms with van der Waals surface area (Å²) in [6, 6.07) is 14.4. The van der Waals surface area contributed by atoms with Crippen LogP contribution >= 0.6 is 11.6 Å². The maximum absolute atomic E-state index is 5.87. The molecular formula is C16H18ClN. The first-order valence-electron chi connectivity index (χ1n) is 6.21. The molecule has 0 heterocycles. The lowest BCUT2D eigenvalue weighted by atomic mass is 10.1. The molecule has 2 aromatic carbocycles. The van der Waals surface area contributed by atoms with Gasteiger partial charge in [0, 0.05) is 17.3 Å². The molecule has 1 nitrogen and oxygen atoms in total. The predicted molar refractivity (Wildman–Crippen MR) is 79.6 cm³/mol. The van der Waals surface area contributed by atoms with Gasteiger partial charge in [-0.15, -0.1) is 0 Å². The molecule has 0 spiro atoms. The van der Waals surface area contributed by atoms with E-state index in [4.69, 9.17) is 11.6 Å². The number of benzene rings is 2. The molecular weight excluding hydrogens is 242 g/mol. The van der Waals surface area contributed by atoms with Crippen molar-refractivity contribution in [2.45, 2.75) is 20.3 Å². The van der Waals surface area contributed by atoms with Crippen LogP contribution in [0.3, 0.4) is 0 Å². The summed E-state index contributed by atoms with van der Waals surface area (Å²) in [5.41, 5.74) is 5.15. The van der Waals surface area contributed by atoms with Crippen LogP contribution in [0, 0.1) is 13.8 Å². The van der Waals surface area contributed by atoms with Crippen LogP contribution in [0.4, 0.5) is 5.69 Å². The summed E-state index contributed by atoms with van der Waals surface area (Å²) in [6.45, 7) is 5.21. The normalized spacial score (nSPS) is 10.4. The zero-order chi connectivity index (χ0) is 13.0. The average Bonchev–Trinajstić information content (AvgIpc) is 2.35. The molecule has 94 valence electrons. The third-order valence-electron chi connectivity index (χ3n) is 3.11. The van der Waals surface area contributed by atoms with Crippen molar-refractivity contribution in [3.63, 3.8) is 0 Å². The summed E-state index contributed by atoms with van der Waals surface area (Å²) in [6.07, 6.45) is 1.00. The van der Waals surface area contributed by atoms with Gasteiger partial charge in [0.25, 0.3) is 0 Å². The summed E-state index contributed by atoms with van der Waals surface area (Å²) >= 11 is 5.87. The van der Waals surface area contributed by atoms with Crippen molar-refractivity contribution < 1.29 is 0 Å². The Kier molecular flexibility index (Phi) is 4.27. The lowest BCUT2D eigenvalue weighted by Gasteiger charge is -2.12. The van der Waals surface area contributed by atoms with Gasteiger partial charge >= 0.3 is 0 Å². The largest absolute Gasteiger partial charge is 0.384 e. The van der Waals surface area contributed by atoms with Crippen molar-refractivity contribution in [1.82, 2.24) is 0 Å². The van der Waals surface area contributed by atoms with Crippen LogP contribution < -0.4 is 5.32 Å². The van der Waals surface area contributed by atoms with Crippen LogP contribution in [0.15, 0.2) is 42.5 Å². The van der Waals surface area contributed by atoms with Crippen molar-refractivity contribution in [1.29, 1.82) is 0 Å². The summed E-state index contributed by atoms with van der Waals surface area (Å²) in [5.74, 6) is 0. The highest BCUT2D eigenvalue weighted by Crippen LogP contribution is 2.19. The van der Waals surface area contributed by atoms with Gasteiger partial charge in [-0.2, -0.15) is 0 Å². The Bertz CT molecular complexity index is 497. The van der Waals surface area contributed by atoms with E-state index in [1.807, 2.05) is 12.1 Å². The van der Waals surface area contributed by atoms with Crippen molar-refractivity contribution >= 4 is 17.3 Å². The van der Waals surface area contributed by atoms with Gasteiger partial charge in [-0.3, -0.25) is 0 Å². The molecule has 0 atom stereocenters. The van der Waals surface area contributed by atoms with E-state index in [2.05, 4.69) is 49.5 Å². The molecule has 0 fully saturated rings. The van der Waals surface area contributed by atoms with Crippen LogP contribution in [0.1, 0.15) is 16.7 Å². The minimum Gasteiger partial charge on any atom is -0.384 e. The van der Waals surface area contributed by atoms with Crippen molar-refractivity contribution in [3.05, 3.63) is 64.2 Å². The topological polar surface area (TPSA) is 12.0 Å². The van der Waals surface area contributed by atoms with Crippen molar-refractivity contribution in [2.24, 2.45) is 0 Å². The van der Waals surface area contributed by atoms with Crippen LogP contribution in [-0.4, -0.2) is 6.54 Å². The molecule has 1 N–H and O–H groups in total. The van der Waals surface area contributed by atoms with Crippen LogP contribution in [0.2, 0.25) is 5.02 Å². The standard InChI is InChI=1S/C16H18ClN/c1-12-4-3-5-13(2)16(12)18-11-10-14-6-8-15(17)9-7-14/h3-9,18H,10-11H2,1-2H3. The number of nitrogens with one attached hydrogen (secondary N) is 1. The molecule has 0 saturated heterocycles. The van der Waals surface area contributed by atoms with Gasteiger partial charge < -0.3 is 5.32 Å². The molecule has 0 aliphatic rings. The Labute approximate surface area is 114 Å². The molecule has 0 aliphatic heterocycles. The van der Waals surface area contributed by atoms with E-state index >= 15 is 0 Å². The zero-order valence-electron chi connectivity index (χ0n) is 10.8. The molecule has 0 saturated carbocycles. The third kappa shape index (κ3) is 3.27. The smallest absolute Gasteiger partial charge is 0.0406 e. The molecule has 0 radical (unpaired) electrons. The van der Waals surface area contributed by atoms with Crippen LogP contribution in [0.5, 0.6) is 0 Å².